The number of benzene rings is 3. The molecule has 0 aliphatic rings. The minimum Gasteiger partial charge on any atom is -0.465 e. The van der Waals surface area contributed by atoms with Crippen molar-refractivity contribution in [2.24, 2.45) is 0 Å². The van der Waals surface area contributed by atoms with Crippen LogP contribution in [0.25, 0.3) is 0 Å². The number of nitrogens with one attached hydrogen (secondary N) is 2. The van der Waals surface area contributed by atoms with Crippen molar-refractivity contribution in [1.29, 1.82) is 0 Å². The van der Waals surface area contributed by atoms with E-state index in [0.717, 1.165) is 0 Å². The Kier molecular flexibility index (Phi) is 5.94. The number of esters is 1. The van der Waals surface area contributed by atoms with Crippen LogP contribution in [0.4, 0.5) is 11.4 Å². The van der Waals surface area contributed by atoms with E-state index in [-0.39, 0.29) is 10.8 Å². The Labute approximate surface area is 168 Å². The molecule has 3 aromatic carbocycles. The quantitative estimate of drug-likeness (QED) is 0.606. The Morgan fingerprint density at radius 2 is 1.31 bits per heavy atom. The summed E-state index contributed by atoms with van der Waals surface area (Å²) in [6, 6.07) is 20.3. The highest BCUT2D eigenvalue weighted by Crippen LogP contribution is 2.17. The van der Waals surface area contributed by atoms with Crippen LogP contribution in [0.15, 0.2) is 83.8 Å². The molecule has 3 aromatic rings. The average Bonchev–Trinajstić information content (AvgIpc) is 2.74. The van der Waals surface area contributed by atoms with Crippen LogP contribution in [0.2, 0.25) is 0 Å². The molecule has 0 unspecified atom stereocenters. The summed E-state index contributed by atoms with van der Waals surface area (Å²) in [5.41, 5.74) is 1.58. The topological polar surface area (TPSA) is 102 Å². The number of hydrogen-bond acceptors (Lipinski definition) is 5. The van der Waals surface area contributed by atoms with Crippen molar-refractivity contribution in [2.75, 3.05) is 17.1 Å². The van der Waals surface area contributed by atoms with Crippen molar-refractivity contribution in [3.8, 4) is 0 Å². The molecule has 29 heavy (non-hydrogen) atoms. The third-order valence-corrected chi connectivity index (χ3v) is 5.41. The molecule has 0 heterocycles. The summed E-state index contributed by atoms with van der Waals surface area (Å²) in [4.78, 5) is 23.9. The zero-order valence-electron chi connectivity index (χ0n) is 15.5. The Balaban J connectivity index is 1.66. The molecular formula is C21H18N2O5S. The summed E-state index contributed by atoms with van der Waals surface area (Å²) in [6.07, 6.45) is 0. The van der Waals surface area contributed by atoms with Gasteiger partial charge in [0, 0.05) is 16.9 Å². The lowest BCUT2D eigenvalue weighted by Crippen LogP contribution is -2.14. The molecule has 0 aromatic heterocycles. The summed E-state index contributed by atoms with van der Waals surface area (Å²) < 4.78 is 31.8. The summed E-state index contributed by atoms with van der Waals surface area (Å²) in [7, 11) is -2.40. The van der Waals surface area contributed by atoms with E-state index in [4.69, 9.17) is 0 Å². The lowest BCUT2D eigenvalue weighted by Gasteiger charge is -2.09. The monoisotopic (exact) mass is 410 g/mol. The van der Waals surface area contributed by atoms with Gasteiger partial charge in [0.1, 0.15) is 0 Å². The Morgan fingerprint density at radius 1 is 0.759 bits per heavy atom. The molecule has 2 N–H and O–H groups in total. The maximum atomic E-state index is 12.4. The van der Waals surface area contributed by atoms with Crippen LogP contribution < -0.4 is 10.0 Å². The lowest BCUT2D eigenvalue weighted by molar-refractivity contribution is 0.0600. The normalized spacial score (nSPS) is 10.8. The predicted molar refractivity (Wildman–Crippen MR) is 109 cm³/mol. The lowest BCUT2D eigenvalue weighted by atomic mass is 10.1. The Hall–Kier alpha value is -3.65. The van der Waals surface area contributed by atoms with Crippen LogP contribution in [0.1, 0.15) is 20.7 Å². The van der Waals surface area contributed by atoms with Crippen LogP contribution in [0.5, 0.6) is 0 Å². The molecule has 148 valence electrons. The number of sulfonamides is 1. The molecule has 0 fully saturated rings. The second-order valence-electron chi connectivity index (χ2n) is 6.02. The largest absolute Gasteiger partial charge is 0.465 e. The molecule has 0 radical (unpaired) electrons. The number of carbonyl (C=O) groups is 2. The average molecular weight is 410 g/mol. The minimum atomic E-state index is -3.70. The SMILES string of the molecule is COC(=O)c1ccc(NC(=O)c2ccc(NS(=O)(=O)c3ccccc3)cc2)cc1. The van der Waals surface area contributed by atoms with Gasteiger partial charge in [0.15, 0.2) is 0 Å². The molecule has 0 aliphatic heterocycles. The fraction of sp³-hybridized carbons (Fsp3) is 0.0476. The number of methoxy groups -OCH3 is 1. The summed E-state index contributed by atoms with van der Waals surface area (Å²) >= 11 is 0. The van der Waals surface area contributed by atoms with E-state index in [9.17, 15) is 18.0 Å². The van der Waals surface area contributed by atoms with Crippen molar-refractivity contribution >= 4 is 33.3 Å². The van der Waals surface area contributed by atoms with Gasteiger partial charge in [-0.15, -0.1) is 0 Å². The molecule has 3 rings (SSSR count). The highest BCUT2D eigenvalue weighted by molar-refractivity contribution is 7.92. The first-order valence-corrected chi connectivity index (χ1v) is 10.0. The fourth-order valence-electron chi connectivity index (χ4n) is 2.51. The van der Waals surface area contributed by atoms with E-state index in [1.807, 2.05) is 0 Å². The second kappa shape index (κ2) is 8.57. The molecule has 0 saturated heterocycles. The first-order chi connectivity index (χ1) is 13.9. The predicted octanol–water partition coefficient (Wildman–Crippen LogP) is 3.53. The van der Waals surface area contributed by atoms with Crippen molar-refractivity contribution in [2.45, 2.75) is 4.90 Å². The summed E-state index contributed by atoms with van der Waals surface area (Å²) in [6.45, 7) is 0. The number of rotatable bonds is 6. The van der Waals surface area contributed by atoms with E-state index >= 15 is 0 Å². The third kappa shape index (κ3) is 4.99. The van der Waals surface area contributed by atoms with Crippen LogP contribution in [-0.2, 0) is 14.8 Å². The van der Waals surface area contributed by atoms with Crippen LogP contribution in [0.3, 0.4) is 0 Å². The smallest absolute Gasteiger partial charge is 0.337 e. The van der Waals surface area contributed by atoms with Gasteiger partial charge in [0.2, 0.25) is 0 Å². The molecule has 0 spiro atoms. The van der Waals surface area contributed by atoms with Gasteiger partial charge in [-0.1, -0.05) is 18.2 Å². The maximum absolute atomic E-state index is 12.4. The van der Waals surface area contributed by atoms with E-state index in [1.54, 1.807) is 42.5 Å². The molecule has 7 nitrogen and oxygen atoms in total. The van der Waals surface area contributed by atoms with Crippen molar-refractivity contribution in [3.63, 3.8) is 0 Å². The Bertz CT molecular complexity index is 1110. The van der Waals surface area contributed by atoms with E-state index < -0.39 is 16.0 Å². The molecule has 1 amide bonds. The standard InChI is InChI=1S/C21H18N2O5S/c1-28-21(25)16-9-11-17(12-10-16)22-20(24)15-7-13-18(14-8-15)23-29(26,27)19-5-3-2-4-6-19/h2-14,23H,1H3,(H,22,24). The van der Waals surface area contributed by atoms with Gasteiger partial charge in [-0.25, -0.2) is 13.2 Å². The number of amides is 1. The second-order valence-corrected chi connectivity index (χ2v) is 7.70. The van der Waals surface area contributed by atoms with Gasteiger partial charge in [-0.2, -0.15) is 0 Å². The van der Waals surface area contributed by atoms with Gasteiger partial charge >= 0.3 is 5.97 Å². The first-order valence-electron chi connectivity index (χ1n) is 8.57. The molecule has 0 atom stereocenters. The molecule has 0 bridgehead atoms. The molecular weight excluding hydrogens is 392 g/mol. The van der Waals surface area contributed by atoms with E-state index in [2.05, 4.69) is 14.8 Å². The minimum absolute atomic E-state index is 0.150. The van der Waals surface area contributed by atoms with Crippen molar-refractivity contribution in [1.82, 2.24) is 0 Å². The van der Waals surface area contributed by atoms with Gasteiger partial charge < -0.3 is 10.1 Å². The zero-order valence-corrected chi connectivity index (χ0v) is 16.3. The van der Waals surface area contributed by atoms with Gasteiger partial charge in [0.05, 0.1) is 17.6 Å². The number of hydrogen-bond donors (Lipinski definition) is 2. The molecule has 8 heteroatoms. The molecule has 0 aliphatic carbocycles. The first kappa shape index (κ1) is 20.1. The van der Waals surface area contributed by atoms with E-state index in [1.165, 1.54) is 43.5 Å². The Morgan fingerprint density at radius 3 is 1.90 bits per heavy atom. The summed E-state index contributed by atoms with van der Waals surface area (Å²) in [5.74, 6) is -0.829. The van der Waals surface area contributed by atoms with Crippen LogP contribution >= 0.6 is 0 Å². The van der Waals surface area contributed by atoms with Gasteiger partial charge in [-0.3, -0.25) is 9.52 Å². The fourth-order valence-corrected chi connectivity index (χ4v) is 3.59. The van der Waals surface area contributed by atoms with Gasteiger partial charge in [-0.05, 0) is 60.7 Å². The third-order valence-electron chi connectivity index (χ3n) is 4.02. The van der Waals surface area contributed by atoms with Gasteiger partial charge in [0.25, 0.3) is 15.9 Å². The van der Waals surface area contributed by atoms with Crippen molar-refractivity contribution in [3.05, 3.63) is 90.0 Å². The zero-order chi connectivity index (χ0) is 20.9. The number of anilines is 2. The van der Waals surface area contributed by atoms with E-state index in [0.29, 0.717) is 22.5 Å². The van der Waals surface area contributed by atoms with Crippen LogP contribution in [-0.4, -0.2) is 27.4 Å². The maximum Gasteiger partial charge on any atom is 0.337 e. The summed E-state index contributed by atoms with van der Waals surface area (Å²) in [5, 5.41) is 2.71. The number of ether oxygens (including phenoxy) is 1. The highest BCUT2D eigenvalue weighted by Gasteiger charge is 2.14. The highest BCUT2D eigenvalue weighted by atomic mass is 32.2. The number of carbonyl (C=O) groups excluding carboxylic acids is 2. The van der Waals surface area contributed by atoms with Crippen LogP contribution in [0, 0.1) is 0 Å². The van der Waals surface area contributed by atoms with Crippen molar-refractivity contribution < 1.29 is 22.7 Å². The molecule has 0 saturated carbocycles.